The van der Waals surface area contributed by atoms with E-state index in [2.05, 4.69) is 56.3 Å². The molecule has 0 heterocycles. The molecule has 3 nitrogen and oxygen atoms in total. The van der Waals surface area contributed by atoms with Gasteiger partial charge in [-0.05, 0) is 70.4 Å². The molecule has 0 aromatic heterocycles. The van der Waals surface area contributed by atoms with Crippen LogP contribution in [0.2, 0.25) is 0 Å². The number of benzene rings is 2. The number of carbonyl (C=O) groups is 1. The standard InChI is InChI=1S/C22H28IO3/c1-16-15-20(26-13-9-12-22(3,4)21(24)25-5)17(2)14-19(16)23-18-10-7-6-8-11-18/h6-8,10-11,14-15H,9,12-13H2,1-5H3/q+1. The van der Waals surface area contributed by atoms with Gasteiger partial charge >= 0.3 is 27.2 Å². The number of aryl methyl sites for hydroxylation is 2. The first kappa shape index (κ1) is 20.7. The van der Waals surface area contributed by atoms with Gasteiger partial charge in [0, 0.05) is 5.56 Å². The number of ether oxygens (including phenoxy) is 2. The van der Waals surface area contributed by atoms with Crippen LogP contribution in [0.1, 0.15) is 37.8 Å². The first-order valence-corrected chi connectivity index (χ1v) is 11.0. The second-order valence-corrected chi connectivity index (χ2v) is 10.0. The fourth-order valence-corrected chi connectivity index (χ4v) is 5.33. The summed E-state index contributed by atoms with van der Waals surface area (Å²) in [5, 5.41) is 0. The quantitative estimate of drug-likeness (QED) is 0.338. The highest BCUT2D eigenvalue weighted by Crippen LogP contribution is 2.25. The fourth-order valence-electron chi connectivity index (χ4n) is 2.68. The molecule has 2 aromatic carbocycles. The molecule has 0 radical (unpaired) electrons. The Labute approximate surface area is 167 Å². The molecule has 0 amide bonds. The van der Waals surface area contributed by atoms with E-state index in [4.69, 9.17) is 9.47 Å². The Kier molecular flexibility index (Phi) is 7.50. The summed E-state index contributed by atoms with van der Waals surface area (Å²) in [4.78, 5) is 11.7. The molecule has 0 bridgehead atoms. The second-order valence-electron chi connectivity index (χ2n) is 7.08. The highest BCUT2D eigenvalue weighted by Gasteiger charge is 2.28. The highest BCUT2D eigenvalue weighted by molar-refractivity contribution is 5.75. The lowest BCUT2D eigenvalue weighted by atomic mass is 9.88. The van der Waals surface area contributed by atoms with Crippen LogP contribution in [0.25, 0.3) is 0 Å². The Balaban J connectivity index is 1.94. The lowest BCUT2D eigenvalue weighted by Gasteiger charge is -2.21. The molecule has 140 valence electrons. The third-order valence-corrected chi connectivity index (χ3v) is 7.43. The largest absolute Gasteiger partial charge is 0.493 e. The first-order valence-electron chi connectivity index (χ1n) is 8.86. The summed E-state index contributed by atoms with van der Waals surface area (Å²) >= 11 is -0.172. The molecule has 0 unspecified atom stereocenters. The summed E-state index contributed by atoms with van der Waals surface area (Å²) < 4.78 is 13.7. The molecular formula is C22H28IO3+. The van der Waals surface area contributed by atoms with Gasteiger partial charge in [-0.15, -0.1) is 0 Å². The molecule has 2 aromatic rings. The molecule has 0 spiro atoms. The lowest BCUT2D eigenvalue weighted by molar-refractivity contribution is -0.598. The molecule has 0 aliphatic carbocycles. The smallest absolute Gasteiger partial charge is 0.358 e. The van der Waals surface area contributed by atoms with Crippen LogP contribution in [-0.2, 0) is 9.53 Å². The van der Waals surface area contributed by atoms with Gasteiger partial charge in [0.2, 0.25) is 0 Å². The monoisotopic (exact) mass is 467 g/mol. The van der Waals surface area contributed by atoms with E-state index in [1.54, 1.807) is 0 Å². The highest BCUT2D eigenvalue weighted by atomic mass is 127. The molecule has 26 heavy (non-hydrogen) atoms. The molecule has 0 fully saturated rings. The lowest BCUT2D eigenvalue weighted by Crippen LogP contribution is -3.61. The van der Waals surface area contributed by atoms with Crippen molar-refractivity contribution in [1.82, 2.24) is 0 Å². The zero-order chi connectivity index (χ0) is 19.2. The van der Waals surface area contributed by atoms with Crippen LogP contribution >= 0.6 is 0 Å². The predicted octanol–water partition coefficient (Wildman–Crippen LogP) is 1.79. The Bertz CT molecular complexity index is 739. The maximum absolute atomic E-state index is 11.7. The predicted molar refractivity (Wildman–Crippen MR) is 100 cm³/mol. The minimum Gasteiger partial charge on any atom is -0.493 e. The average Bonchev–Trinajstić information content (AvgIpc) is 2.62. The van der Waals surface area contributed by atoms with Crippen LogP contribution in [0.3, 0.4) is 0 Å². The van der Waals surface area contributed by atoms with Gasteiger partial charge in [0.1, 0.15) is 5.75 Å². The van der Waals surface area contributed by atoms with E-state index >= 15 is 0 Å². The molecule has 0 N–H and O–H groups in total. The maximum Gasteiger partial charge on any atom is 0.358 e. The molecule has 0 atom stereocenters. The van der Waals surface area contributed by atoms with E-state index in [1.807, 2.05) is 13.8 Å². The van der Waals surface area contributed by atoms with E-state index < -0.39 is 5.41 Å². The van der Waals surface area contributed by atoms with Crippen LogP contribution in [0.4, 0.5) is 0 Å². The first-order chi connectivity index (χ1) is 12.3. The van der Waals surface area contributed by atoms with Crippen molar-refractivity contribution in [3.05, 3.63) is 60.7 Å². The van der Waals surface area contributed by atoms with E-state index in [0.717, 1.165) is 18.6 Å². The number of carbonyl (C=O) groups excluding carboxylic acids is 1. The number of hydrogen-bond donors (Lipinski definition) is 0. The van der Waals surface area contributed by atoms with Crippen molar-refractivity contribution in [2.75, 3.05) is 13.7 Å². The van der Waals surface area contributed by atoms with Crippen molar-refractivity contribution < 1.29 is 35.5 Å². The number of hydrogen-bond acceptors (Lipinski definition) is 3. The SMILES string of the molecule is COC(=O)C(C)(C)CCCOc1cc(C)c([I+]c2ccccc2)cc1C. The maximum atomic E-state index is 11.7. The van der Waals surface area contributed by atoms with Crippen molar-refractivity contribution in [2.24, 2.45) is 5.41 Å². The van der Waals surface area contributed by atoms with Gasteiger partial charge < -0.3 is 9.47 Å². The van der Waals surface area contributed by atoms with Gasteiger partial charge in [0.15, 0.2) is 7.14 Å². The third kappa shape index (κ3) is 5.73. The van der Waals surface area contributed by atoms with Crippen LogP contribution in [0.15, 0.2) is 42.5 Å². The number of rotatable bonds is 8. The molecule has 0 aliphatic heterocycles. The Morgan fingerprint density at radius 3 is 2.42 bits per heavy atom. The molecule has 4 heteroatoms. The number of esters is 1. The minimum absolute atomic E-state index is 0.168. The molecule has 2 rings (SSSR count). The molecular weight excluding hydrogens is 439 g/mol. The van der Waals surface area contributed by atoms with Crippen LogP contribution in [-0.4, -0.2) is 19.7 Å². The summed E-state index contributed by atoms with van der Waals surface area (Å²) in [7, 11) is 1.44. The van der Waals surface area contributed by atoms with Crippen LogP contribution < -0.4 is 25.9 Å². The van der Waals surface area contributed by atoms with Crippen LogP contribution in [0.5, 0.6) is 5.75 Å². The second kappa shape index (κ2) is 9.40. The minimum atomic E-state index is -0.465. The Hall–Kier alpha value is -1.56. The van der Waals surface area contributed by atoms with E-state index in [1.165, 1.54) is 25.4 Å². The van der Waals surface area contributed by atoms with Gasteiger partial charge in [-0.1, -0.05) is 18.2 Å². The van der Waals surface area contributed by atoms with Crippen molar-refractivity contribution in [1.29, 1.82) is 0 Å². The third-order valence-electron chi connectivity index (χ3n) is 4.34. The van der Waals surface area contributed by atoms with E-state index in [-0.39, 0.29) is 27.2 Å². The molecule has 0 saturated heterocycles. The van der Waals surface area contributed by atoms with Crippen LogP contribution in [0, 0.1) is 26.4 Å². The van der Waals surface area contributed by atoms with Gasteiger partial charge in [0.05, 0.1) is 19.1 Å². The topological polar surface area (TPSA) is 35.5 Å². The summed E-state index contributed by atoms with van der Waals surface area (Å²) in [6, 6.07) is 15.1. The summed E-state index contributed by atoms with van der Waals surface area (Å²) in [5.74, 6) is 0.776. The van der Waals surface area contributed by atoms with Gasteiger partial charge in [-0.25, -0.2) is 0 Å². The summed E-state index contributed by atoms with van der Waals surface area (Å²) in [5.41, 5.74) is 2.00. The Morgan fingerprint density at radius 2 is 1.77 bits per heavy atom. The van der Waals surface area contributed by atoms with Gasteiger partial charge in [-0.3, -0.25) is 4.79 Å². The van der Waals surface area contributed by atoms with E-state index in [0.29, 0.717) is 6.61 Å². The zero-order valence-corrected chi connectivity index (χ0v) is 18.4. The summed E-state index contributed by atoms with van der Waals surface area (Å²) in [6.45, 7) is 8.69. The van der Waals surface area contributed by atoms with E-state index in [9.17, 15) is 4.79 Å². The number of methoxy groups -OCH3 is 1. The molecule has 0 saturated carbocycles. The van der Waals surface area contributed by atoms with Crippen molar-refractivity contribution in [2.45, 2.75) is 40.5 Å². The van der Waals surface area contributed by atoms with Gasteiger partial charge in [0.25, 0.3) is 0 Å². The van der Waals surface area contributed by atoms with Crippen molar-refractivity contribution in [3.8, 4) is 5.75 Å². The van der Waals surface area contributed by atoms with Crippen molar-refractivity contribution >= 4 is 5.97 Å². The normalized spacial score (nSPS) is 11.3. The fraction of sp³-hybridized carbons (Fsp3) is 0.409. The average molecular weight is 467 g/mol. The van der Waals surface area contributed by atoms with Crippen molar-refractivity contribution in [3.63, 3.8) is 0 Å². The zero-order valence-electron chi connectivity index (χ0n) is 16.3. The summed E-state index contributed by atoms with van der Waals surface area (Å²) in [6.07, 6.45) is 1.56. The van der Waals surface area contributed by atoms with Gasteiger partial charge in [-0.2, -0.15) is 0 Å². The molecule has 0 aliphatic rings. The Morgan fingerprint density at radius 1 is 1.08 bits per heavy atom. The number of halogens is 1.